The molecular weight excluding hydrogens is 220 g/mol. The van der Waals surface area contributed by atoms with Crippen LogP contribution in [0.2, 0.25) is 0 Å². The Hall–Kier alpha value is -1.33. The van der Waals surface area contributed by atoms with Gasteiger partial charge in [-0.05, 0) is 31.9 Å². The smallest absolute Gasteiger partial charge is 0.0839 e. The fourth-order valence-corrected chi connectivity index (χ4v) is 2.75. The molecule has 0 spiro atoms. The van der Waals surface area contributed by atoms with Crippen LogP contribution in [0.4, 0.5) is 0 Å². The molecule has 0 bridgehead atoms. The van der Waals surface area contributed by atoms with E-state index >= 15 is 0 Å². The van der Waals surface area contributed by atoms with Crippen LogP contribution in [-0.2, 0) is 0 Å². The number of benzene rings is 1. The Morgan fingerprint density at radius 1 is 1.28 bits per heavy atom. The molecule has 0 radical (unpaired) electrons. The second-order valence-electron chi connectivity index (χ2n) is 5.29. The van der Waals surface area contributed by atoms with E-state index in [1.54, 1.807) is 0 Å². The van der Waals surface area contributed by atoms with Gasteiger partial charge in [0.05, 0.1) is 12.0 Å². The summed E-state index contributed by atoms with van der Waals surface area (Å²) in [6.07, 6.45) is 5.22. The standard InChI is InChI=1S/C16H22N2/c1-14-8-4-3-7-11-18(14)13-16(12-17)15-9-5-2-6-10-15/h2,5-6,9-10,14,16H,3-4,7-8,11,13H2,1H3. The summed E-state index contributed by atoms with van der Waals surface area (Å²) in [4.78, 5) is 2.49. The molecule has 96 valence electrons. The van der Waals surface area contributed by atoms with E-state index in [0.717, 1.165) is 18.7 Å². The lowest BCUT2D eigenvalue weighted by Crippen LogP contribution is -2.35. The highest BCUT2D eigenvalue weighted by molar-refractivity contribution is 5.25. The maximum Gasteiger partial charge on any atom is 0.0839 e. The van der Waals surface area contributed by atoms with Crippen LogP contribution in [0.25, 0.3) is 0 Å². The molecule has 18 heavy (non-hydrogen) atoms. The molecule has 2 atom stereocenters. The second kappa shape index (κ2) is 6.56. The van der Waals surface area contributed by atoms with E-state index in [0.29, 0.717) is 6.04 Å². The van der Waals surface area contributed by atoms with Gasteiger partial charge in [-0.15, -0.1) is 0 Å². The van der Waals surface area contributed by atoms with E-state index in [9.17, 15) is 5.26 Å². The first-order valence-corrected chi connectivity index (χ1v) is 7.00. The third kappa shape index (κ3) is 3.34. The highest BCUT2D eigenvalue weighted by atomic mass is 15.1. The first kappa shape index (κ1) is 13.1. The Morgan fingerprint density at radius 3 is 2.78 bits per heavy atom. The van der Waals surface area contributed by atoms with Crippen molar-refractivity contribution < 1.29 is 0 Å². The first-order chi connectivity index (χ1) is 8.81. The van der Waals surface area contributed by atoms with Crippen LogP contribution < -0.4 is 0 Å². The molecule has 2 heteroatoms. The molecule has 0 saturated carbocycles. The second-order valence-corrected chi connectivity index (χ2v) is 5.29. The summed E-state index contributed by atoms with van der Waals surface area (Å²) in [6, 6.07) is 13.3. The van der Waals surface area contributed by atoms with Gasteiger partial charge in [0, 0.05) is 12.6 Å². The molecule has 2 rings (SSSR count). The van der Waals surface area contributed by atoms with Crippen LogP contribution in [0.1, 0.15) is 44.1 Å². The van der Waals surface area contributed by atoms with E-state index in [-0.39, 0.29) is 5.92 Å². The summed E-state index contributed by atoms with van der Waals surface area (Å²) in [5.74, 6) is 0.00625. The molecular formula is C16H22N2. The van der Waals surface area contributed by atoms with Gasteiger partial charge in [-0.3, -0.25) is 4.90 Å². The highest BCUT2D eigenvalue weighted by Crippen LogP contribution is 2.22. The highest BCUT2D eigenvalue weighted by Gasteiger charge is 2.21. The molecule has 0 aliphatic carbocycles. The Kier molecular flexibility index (Phi) is 4.78. The van der Waals surface area contributed by atoms with Crippen LogP contribution in [0.15, 0.2) is 30.3 Å². The summed E-state index contributed by atoms with van der Waals surface area (Å²) < 4.78 is 0. The van der Waals surface area contributed by atoms with Gasteiger partial charge >= 0.3 is 0 Å². The lowest BCUT2D eigenvalue weighted by molar-refractivity contribution is 0.209. The molecule has 1 heterocycles. The zero-order chi connectivity index (χ0) is 12.8. The number of likely N-dealkylation sites (tertiary alicyclic amines) is 1. The van der Waals surface area contributed by atoms with Crippen molar-refractivity contribution in [2.45, 2.75) is 44.6 Å². The van der Waals surface area contributed by atoms with Gasteiger partial charge in [-0.2, -0.15) is 5.26 Å². The van der Waals surface area contributed by atoms with Gasteiger partial charge in [0.1, 0.15) is 0 Å². The molecule has 0 N–H and O–H groups in total. The molecule has 1 saturated heterocycles. The van der Waals surface area contributed by atoms with Gasteiger partial charge in [-0.1, -0.05) is 43.2 Å². The average Bonchev–Trinajstić information content (AvgIpc) is 2.62. The molecule has 0 amide bonds. The van der Waals surface area contributed by atoms with Gasteiger partial charge in [0.15, 0.2) is 0 Å². The van der Waals surface area contributed by atoms with Crippen LogP contribution >= 0.6 is 0 Å². The maximum atomic E-state index is 9.39. The van der Waals surface area contributed by atoms with Crippen LogP contribution in [0, 0.1) is 11.3 Å². The van der Waals surface area contributed by atoms with Gasteiger partial charge in [0.25, 0.3) is 0 Å². The predicted molar refractivity (Wildman–Crippen MR) is 74.3 cm³/mol. The summed E-state index contributed by atoms with van der Waals surface area (Å²) in [6.45, 7) is 4.32. The fourth-order valence-electron chi connectivity index (χ4n) is 2.75. The van der Waals surface area contributed by atoms with E-state index in [1.807, 2.05) is 18.2 Å². The fraction of sp³-hybridized carbons (Fsp3) is 0.562. The van der Waals surface area contributed by atoms with Crippen molar-refractivity contribution in [1.29, 1.82) is 5.26 Å². The summed E-state index contributed by atoms with van der Waals surface area (Å²) in [5, 5.41) is 9.39. The Bertz CT molecular complexity index is 393. The van der Waals surface area contributed by atoms with Crippen molar-refractivity contribution >= 4 is 0 Å². The molecule has 1 aromatic carbocycles. The normalized spacial score (nSPS) is 23.0. The third-order valence-electron chi connectivity index (χ3n) is 3.97. The van der Waals surface area contributed by atoms with Crippen molar-refractivity contribution in [3.8, 4) is 6.07 Å². The minimum absolute atomic E-state index is 0.00625. The SMILES string of the molecule is CC1CCCCCN1CC(C#N)c1ccccc1. The molecule has 1 aliphatic heterocycles. The van der Waals surface area contributed by atoms with Crippen molar-refractivity contribution in [1.82, 2.24) is 4.90 Å². The number of hydrogen-bond acceptors (Lipinski definition) is 2. The first-order valence-electron chi connectivity index (χ1n) is 7.00. The Balaban J connectivity index is 2.04. The largest absolute Gasteiger partial charge is 0.299 e. The lowest BCUT2D eigenvalue weighted by atomic mass is 9.99. The topological polar surface area (TPSA) is 27.0 Å². The zero-order valence-electron chi connectivity index (χ0n) is 11.2. The predicted octanol–water partition coefficient (Wildman–Crippen LogP) is 3.56. The van der Waals surface area contributed by atoms with Gasteiger partial charge in [0.2, 0.25) is 0 Å². The Morgan fingerprint density at radius 2 is 2.06 bits per heavy atom. The molecule has 1 aromatic rings. The van der Waals surface area contributed by atoms with E-state index in [2.05, 4.69) is 30.0 Å². The van der Waals surface area contributed by atoms with Crippen molar-refractivity contribution in [2.75, 3.05) is 13.1 Å². The molecule has 1 aliphatic rings. The van der Waals surface area contributed by atoms with Crippen molar-refractivity contribution in [3.63, 3.8) is 0 Å². The summed E-state index contributed by atoms with van der Waals surface area (Å²) in [5.41, 5.74) is 1.15. The molecule has 2 unspecified atom stereocenters. The Labute approximate surface area is 110 Å². The van der Waals surface area contributed by atoms with E-state index < -0.39 is 0 Å². The number of hydrogen-bond donors (Lipinski definition) is 0. The lowest BCUT2D eigenvalue weighted by Gasteiger charge is -2.28. The minimum Gasteiger partial charge on any atom is -0.299 e. The average molecular weight is 242 g/mol. The summed E-state index contributed by atoms with van der Waals surface area (Å²) >= 11 is 0. The monoisotopic (exact) mass is 242 g/mol. The molecule has 1 fully saturated rings. The third-order valence-corrected chi connectivity index (χ3v) is 3.97. The maximum absolute atomic E-state index is 9.39. The van der Waals surface area contributed by atoms with Crippen LogP contribution in [0.5, 0.6) is 0 Å². The van der Waals surface area contributed by atoms with E-state index in [1.165, 1.54) is 25.7 Å². The van der Waals surface area contributed by atoms with Gasteiger partial charge < -0.3 is 0 Å². The zero-order valence-corrected chi connectivity index (χ0v) is 11.2. The van der Waals surface area contributed by atoms with Crippen LogP contribution in [-0.4, -0.2) is 24.0 Å². The number of nitriles is 1. The van der Waals surface area contributed by atoms with E-state index in [4.69, 9.17) is 0 Å². The van der Waals surface area contributed by atoms with Crippen molar-refractivity contribution in [3.05, 3.63) is 35.9 Å². The molecule has 2 nitrogen and oxygen atoms in total. The number of rotatable bonds is 3. The van der Waals surface area contributed by atoms with Gasteiger partial charge in [-0.25, -0.2) is 0 Å². The minimum atomic E-state index is 0.00625. The van der Waals surface area contributed by atoms with Crippen molar-refractivity contribution in [2.24, 2.45) is 0 Å². The quantitative estimate of drug-likeness (QED) is 0.810. The summed E-state index contributed by atoms with van der Waals surface area (Å²) in [7, 11) is 0. The van der Waals surface area contributed by atoms with Crippen LogP contribution in [0.3, 0.4) is 0 Å². The number of nitrogens with zero attached hydrogens (tertiary/aromatic N) is 2. The molecule has 0 aromatic heterocycles.